The van der Waals surface area contributed by atoms with Gasteiger partial charge in [0.25, 0.3) is 0 Å². The molecule has 2 aliphatic heterocycles. The Morgan fingerprint density at radius 1 is 1.03 bits per heavy atom. The van der Waals surface area contributed by atoms with E-state index >= 15 is 0 Å². The number of rotatable bonds is 7. The van der Waals surface area contributed by atoms with Gasteiger partial charge < -0.3 is 15.1 Å². The molecule has 2 unspecified atom stereocenters. The fourth-order valence-electron chi connectivity index (χ4n) is 4.88. The van der Waals surface area contributed by atoms with Crippen molar-refractivity contribution >= 4 is 23.0 Å². The van der Waals surface area contributed by atoms with Gasteiger partial charge in [0.2, 0.25) is 0 Å². The lowest BCUT2D eigenvalue weighted by molar-refractivity contribution is 0.157. The Bertz CT molecular complexity index is 1040. The highest BCUT2D eigenvalue weighted by molar-refractivity contribution is 5.63. The van der Waals surface area contributed by atoms with Gasteiger partial charge in [0.05, 0.1) is 12.6 Å². The maximum atomic E-state index is 5.93. The predicted molar refractivity (Wildman–Crippen MR) is 133 cm³/mol. The van der Waals surface area contributed by atoms with Crippen molar-refractivity contribution in [2.45, 2.75) is 31.3 Å². The van der Waals surface area contributed by atoms with Crippen LogP contribution in [0.5, 0.6) is 0 Å². The molecular weight excluding hydrogens is 412 g/mol. The predicted octanol–water partition coefficient (Wildman–Crippen LogP) is 4.63. The summed E-state index contributed by atoms with van der Waals surface area (Å²) in [6.45, 7) is 2.89. The number of benzene rings is 2. The van der Waals surface area contributed by atoms with Crippen molar-refractivity contribution < 1.29 is 4.84 Å². The van der Waals surface area contributed by atoms with Gasteiger partial charge >= 0.3 is 0 Å². The van der Waals surface area contributed by atoms with Gasteiger partial charge in [-0.2, -0.15) is 0 Å². The number of likely N-dealkylation sites (N-methyl/N-ethyl adjacent to an activating group) is 1. The van der Waals surface area contributed by atoms with Crippen LogP contribution in [-0.4, -0.2) is 54.7 Å². The molecule has 5 rings (SSSR count). The summed E-state index contributed by atoms with van der Waals surface area (Å²) in [5.74, 6) is 1.51. The Hall–Kier alpha value is -3.16. The summed E-state index contributed by atoms with van der Waals surface area (Å²) >= 11 is 0. The number of hydrogen-bond donors (Lipinski definition) is 1. The van der Waals surface area contributed by atoms with E-state index in [0.717, 1.165) is 36.8 Å². The van der Waals surface area contributed by atoms with Gasteiger partial charge in [0.1, 0.15) is 12.1 Å². The quantitative estimate of drug-likeness (QED) is 0.570. The molecular formula is C26H32N6O. The molecule has 0 amide bonds. The minimum absolute atomic E-state index is 0.156. The van der Waals surface area contributed by atoms with Crippen LogP contribution >= 0.6 is 0 Å². The van der Waals surface area contributed by atoms with Crippen LogP contribution in [0.15, 0.2) is 67.0 Å². The van der Waals surface area contributed by atoms with Crippen LogP contribution in [0.1, 0.15) is 30.9 Å². The van der Waals surface area contributed by atoms with Crippen LogP contribution in [-0.2, 0) is 4.84 Å². The molecule has 0 radical (unpaired) electrons. The molecule has 3 aromatic rings. The van der Waals surface area contributed by atoms with Crippen molar-refractivity contribution in [3.8, 4) is 0 Å². The van der Waals surface area contributed by atoms with Crippen molar-refractivity contribution in [1.29, 1.82) is 0 Å². The molecule has 0 bridgehead atoms. The first-order valence-electron chi connectivity index (χ1n) is 11.7. The van der Waals surface area contributed by atoms with Crippen LogP contribution in [0.2, 0.25) is 0 Å². The molecule has 2 saturated heterocycles. The highest BCUT2D eigenvalue weighted by Crippen LogP contribution is 2.34. The summed E-state index contributed by atoms with van der Waals surface area (Å²) < 4.78 is 0. The number of nitrogens with zero attached hydrogens (tertiary/aromatic N) is 5. The first-order chi connectivity index (χ1) is 16.2. The van der Waals surface area contributed by atoms with Gasteiger partial charge in [-0.1, -0.05) is 30.3 Å². The Balaban J connectivity index is 1.28. The zero-order valence-electron chi connectivity index (χ0n) is 19.4. The second-order valence-corrected chi connectivity index (χ2v) is 9.06. The lowest BCUT2D eigenvalue weighted by Gasteiger charge is -2.29. The minimum Gasteiger partial charge on any atom is -0.367 e. The summed E-state index contributed by atoms with van der Waals surface area (Å²) in [6.07, 6.45) is 5.03. The average molecular weight is 445 g/mol. The molecule has 0 spiro atoms. The van der Waals surface area contributed by atoms with E-state index < -0.39 is 0 Å². The fourth-order valence-corrected chi connectivity index (χ4v) is 4.88. The van der Waals surface area contributed by atoms with E-state index in [1.807, 2.05) is 17.2 Å². The standard InChI is InChI=1S/C26H32N6O/c1-30(2)18-23-9-6-15-31(23)22-12-10-21(11-13-22)29-25-17-26(28-19-27-25)32-24(14-16-33-32)20-7-4-3-5-8-20/h3-5,7-8,10-13,17,19,23-24H,6,9,14-16,18H2,1-2H3,(H,27,28,29). The third kappa shape index (κ3) is 4.94. The van der Waals surface area contributed by atoms with Crippen LogP contribution in [0, 0.1) is 0 Å². The van der Waals surface area contributed by atoms with E-state index in [1.54, 1.807) is 6.33 Å². The lowest BCUT2D eigenvalue weighted by atomic mass is 10.0. The second-order valence-electron chi connectivity index (χ2n) is 9.06. The first-order valence-corrected chi connectivity index (χ1v) is 11.7. The average Bonchev–Trinajstić information content (AvgIpc) is 3.50. The number of aromatic nitrogens is 2. The molecule has 7 heteroatoms. The van der Waals surface area contributed by atoms with E-state index in [2.05, 4.69) is 87.7 Å². The molecule has 0 saturated carbocycles. The van der Waals surface area contributed by atoms with E-state index in [-0.39, 0.29) is 6.04 Å². The van der Waals surface area contributed by atoms with Crippen LogP contribution in [0.3, 0.4) is 0 Å². The van der Waals surface area contributed by atoms with Gasteiger partial charge in [0, 0.05) is 43.0 Å². The molecule has 2 fully saturated rings. The maximum absolute atomic E-state index is 5.93. The third-order valence-electron chi connectivity index (χ3n) is 6.39. The molecule has 3 heterocycles. The largest absolute Gasteiger partial charge is 0.367 e. The Labute approximate surface area is 196 Å². The second kappa shape index (κ2) is 9.77. The Morgan fingerprint density at radius 2 is 1.85 bits per heavy atom. The first kappa shape index (κ1) is 21.7. The number of anilines is 4. The van der Waals surface area contributed by atoms with Gasteiger partial charge in [-0.05, 0) is 56.8 Å². The van der Waals surface area contributed by atoms with Gasteiger partial charge in [-0.3, -0.25) is 4.84 Å². The molecule has 2 atom stereocenters. The molecule has 7 nitrogen and oxygen atoms in total. The minimum atomic E-state index is 0.156. The van der Waals surface area contributed by atoms with E-state index in [9.17, 15) is 0 Å². The Kier molecular flexibility index (Phi) is 6.41. The zero-order chi connectivity index (χ0) is 22.6. The molecule has 2 aromatic carbocycles. The maximum Gasteiger partial charge on any atom is 0.158 e. The summed E-state index contributed by atoms with van der Waals surface area (Å²) in [7, 11) is 4.30. The van der Waals surface area contributed by atoms with Crippen molar-refractivity contribution in [2.24, 2.45) is 0 Å². The van der Waals surface area contributed by atoms with E-state index in [0.29, 0.717) is 12.6 Å². The highest BCUT2D eigenvalue weighted by atomic mass is 16.7. The number of hydrogen-bond acceptors (Lipinski definition) is 7. The fraction of sp³-hybridized carbons (Fsp3) is 0.385. The molecule has 1 N–H and O–H groups in total. The topological polar surface area (TPSA) is 56.8 Å². The van der Waals surface area contributed by atoms with E-state index in [4.69, 9.17) is 4.84 Å². The number of hydroxylamine groups is 1. The normalized spacial score (nSPS) is 20.6. The molecule has 0 aliphatic carbocycles. The van der Waals surface area contributed by atoms with Gasteiger partial charge in [0.15, 0.2) is 5.82 Å². The van der Waals surface area contributed by atoms with Crippen LogP contribution in [0.25, 0.3) is 0 Å². The summed E-state index contributed by atoms with van der Waals surface area (Å²) in [5, 5.41) is 5.33. The number of nitrogens with one attached hydrogen (secondary N) is 1. The SMILES string of the molecule is CN(C)CC1CCCN1c1ccc(Nc2cc(N3OCCC3c3ccccc3)ncn2)cc1. The lowest BCUT2D eigenvalue weighted by Crippen LogP contribution is -2.37. The van der Waals surface area contributed by atoms with Crippen molar-refractivity contribution in [1.82, 2.24) is 14.9 Å². The van der Waals surface area contributed by atoms with E-state index in [1.165, 1.54) is 24.1 Å². The highest BCUT2D eigenvalue weighted by Gasteiger charge is 2.29. The summed E-state index contributed by atoms with van der Waals surface area (Å²) in [5.41, 5.74) is 3.52. The van der Waals surface area contributed by atoms with Crippen LogP contribution < -0.4 is 15.3 Å². The third-order valence-corrected chi connectivity index (χ3v) is 6.39. The summed E-state index contributed by atoms with van der Waals surface area (Å²) in [6, 6.07) is 21.8. The summed E-state index contributed by atoms with van der Waals surface area (Å²) in [4.78, 5) is 19.6. The van der Waals surface area contributed by atoms with Crippen molar-refractivity contribution in [2.75, 3.05) is 49.1 Å². The monoisotopic (exact) mass is 444 g/mol. The van der Waals surface area contributed by atoms with Crippen LogP contribution in [0.4, 0.5) is 23.0 Å². The zero-order valence-corrected chi connectivity index (χ0v) is 19.4. The molecule has 2 aliphatic rings. The Morgan fingerprint density at radius 3 is 2.64 bits per heavy atom. The molecule has 172 valence electrons. The van der Waals surface area contributed by atoms with Gasteiger partial charge in [-0.25, -0.2) is 15.0 Å². The van der Waals surface area contributed by atoms with Gasteiger partial charge in [-0.15, -0.1) is 0 Å². The molecule has 33 heavy (non-hydrogen) atoms. The molecule has 1 aromatic heterocycles. The smallest absolute Gasteiger partial charge is 0.158 e. The van der Waals surface area contributed by atoms with Crippen molar-refractivity contribution in [3.05, 3.63) is 72.6 Å². The van der Waals surface area contributed by atoms with Crippen molar-refractivity contribution in [3.63, 3.8) is 0 Å².